The summed E-state index contributed by atoms with van der Waals surface area (Å²) in [7, 11) is 0. The summed E-state index contributed by atoms with van der Waals surface area (Å²) >= 11 is 0. The number of carboxylic acid groups (broad SMARTS) is 1. The van der Waals surface area contributed by atoms with Crippen LogP contribution in [-0.4, -0.2) is 84.1 Å². The lowest BCUT2D eigenvalue weighted by Gasteiger charge is -2.49. The van der Waals surface area contributed by atoms with E-state index in [4.69, 9.17) is 10.2 Å². The van der Waals surface area contributed by atoms with Crippen LogP contribution in [0, 0.1) is 0 Å². The Hall–Kier alpha value is -0.810. The van der Waals surface area contributed by atoms with E-state index in [-0.39, 0.29) is 0 Å². The lowest BCUT2D eigenvalue weighted by atomic mass is 9.82. The second kappa shape index (κ2) is 4.70. The molecule has 0 aliphatic carbocycles. The number of hydrogen-bond donors (Lipinski definition) is 7. The molecule has 1 aliphatic heterocycles. The van der Waals surface area contributed by atoms with Crippen LogP contribution in [0.2, 0.25) is 0 Å². The Labute approximate surface area is 101 Å². The van der Waals surface area contributed by atoms with Crippen LogP contribution in [0.25, 0.3) is 0 Å². The van der Waals surface area contributed by atoms with Crippen molar-refractivity contribution in [3.05, 3.63) is 0 Å². The van der Waals surface area contributed by atoms with E-state index in [0.717, 1.165) is 0 Å². The minimum absolute atomic E-state index is 0.650. The zero-order valence-corrected chi connectivity index (χ0v) is 9.46. The van der Waals surface area contributed by atoms with Crippen molar-refractivity contribution >= 4 is 5.97 Å². The second-order valence-corrected chi connectivity index (χ2v) is 4.34. The summed E-state index contributed by atoms with van der Waals surface area (Å²) in [6, 6.07) is 0. The molecule has 2 unspecified atom stereocenters. The maximum atomic E-state index is 10.8. The topological polar surface area (TPSA) is 168 Å². The van der Waals surface area contributed by atoms with Gasteiger partial charge in [0.25, 0.3) is 0 Å². The molecule has 0 radical (unpaired) electrons. The maximum Gasteiger partial charge on any atom is 0.341 e. The van der Waals surface area contributed by atoms with Crippen LogP contribution in [0.5, 0.6) is 0 Å². The first-order valence-corrected chi connectivity index (χ1v) is 5.10. The molecule has 6 atom stereocenters. The van der Waals surface area contributed by atoms with Crippen LogP contribution in [0.4, 0.5) is 0 Å². The third-order valence-electron chi connectivity index (χ3n) is 3.08. The van der Waals surface area contributed by atoms with Gasteiger partial charge in [0.2, 0.25) is 11.4 Å². The smallest absolute Gasteiger partial charge is 0.341 e. The first kappa shape index (κ1) is 15.2. The van der Waals surface area contributed by atoms with Crippen molar-refractivity contribution in [3.63, 3.8) is 0 Å². The molecule has 0 saturated carbocycles. The average molecular weight is 268 g/mol. The Morgan fingerprint density at radius 3 is 2.22 bits per heavy atom. The number of carbonyl (C=O) groups is 1. The van der Waals surface area contributed by atoms with E-state index in [0.29, 0.717) is 6.92 Å². The van der Waals surface area contributed by atoms with Crippen LogP contribution in [0.15, 0.2) is 0 Å². The van der Waals surface area contributed by atoms with Gasteiger partial charge in [0.15, 0.2) is 0 Å². The molecular weight excluding hydrogens is 252 g/mol. The Kier molecular flexibility index (Phi) is 3.98. The highest BCUT2D eigenvalue weighted by atomic mass is 16.7. The highest BCUT2D eigenvalue weighted by Crippen LogP contribution is 2.36. The number of carboxylic acids is 1. The molecule has 0 aromatic heterocycles. The summed E-state index contributed by atoms with van der Waals surface area (Å²) in [5, 5.41) is 65.7. The monoisotopic (exact) mass is 268 g/mol. The van der Waals surface area contributed by atoms with Crippen molar-refractivity contribution in [1.29, 1.82) is 0 Å². The van der Waals surface area contributed by atoms with Gasteiger partial charge in [-0.1, -0.05) is 0 Å². The summed E-state index contributed by atoms with van der Waals surface area (Å²) in [6.45, 7) is -0.208. The Morgan fingerprint density at radius 1 is 1.33 bits per heavy atom. The van der Waals surface area contributed by atoms with Crippen molar-refractivity contribution in [3.8, 4) is 0 Å². The van der Waals surface area contributed by atoms with Gasteiger partial charge in [0.1, 0.15) is 24.4 Å². The van der Waals surface area contributed by atoms with Gasteiger partial charge >= 0.3 is 5.97 Å². The van der Waals surface area contributed by atoms with Gasteiger partial charge in [0.05, 0.1) is 6.61 Å². The molecule has 0 amide bonds. The third kappa shape index (κ3) is 1.99. The maximum absolute atomic E-state index is 10.8. The van der Waals surface area contributed by atoms with E-state index >= 15 is 0 Å². The summed E-state index contributed by atoms with van der Waals surface area (Å²) in [6.07, 6.45) is -7.57. The first-order valence-electron chi connectivity index (χ1n) is 5.10. The van der Waals surface area contributed by atoms with Crippen LogP contribution >= 0.6 is 0 Å². The molecule has 1 heterocycles. The molecule has 7 N–H and O–H groups in total. The van der Waals surface area contributed by atoms with Gasteiger partial charge < -0.3 is 40.5 Å². The van der Waals surface area contributed by atoms with Crippen LogP contribution in [0.1, 0.15) is 6.92 Å². The lowest BCUT2D eigenvalue weighted by Crippen LogP contribution is -2.74. The highest BCUT2D eigenvalue weighted by Gasteiger charge is 2.64. The van der Waals surface area contributed by atoms with Crippen molar-refractivity contribution in [2.24, 2.45) is 0 Å². The van der Waals surface area contributed by atoms with Crippen molar-refractivity contribution in [2.45, 2.75) is 42.7 Å². The van der Waals surface area contributed by atoms with E-state index in [2.05, 4.69) is 4.74 Å². The SMILES string of the molecule is CC(O)(C(=O)O)C1(O)O[C@H](CO)[C@@H](O)[C@H](O)[C@H]1O. The molecule has 0 aromatic carbocycles. The van der Waals surface area contributed by atoms with Crippen molar-refractivity contribution in [2.75, 3.05) is 6.61 Å². The minimum Gasteiger partial charge on any atom is -0.479 e. The molecule has 1 fully saturated rings. The summed E-state index contributed by atoms with van der Waals surface area (Å²) in [4.78, 5) is 10.8. The number of rotatable bonds is 3. The van der Waals surface area contributed by atoms with Gasteiger partial charge in [-0.05, 0) is 6.92 Å². The number of ether oxygens (including phenoxy) is 1. The molecule has 1 rings (SSSR count). The number of hydrogen-bond acceptors (Lipinski definition) is 8. The van der Waals surface area contributed by atoms with Crippen LogP contribution in [0.3, 0.4) is 0 Å². The average Bonchev–Trinajstić information content (AvgIpc) is 2.30. The van der Waals surface area contributed by atoms with E-state index in [9.17, 15) is 30.3 Å². The van der Waals surface area contributed by atoms with Crippen LogP contribution in [-0.2, 0) is 9.53 Å². The largest absolute Gasteiger partial charge is 0.479 e. The van der Waals surface area contributed by atoms with Gasteiger partial charge in [-0.3, -0.25) is 0 Å². The van der Waals surface area contributed by atoms with E-state index < -0.39 is 48.4 Å². The third-order valence-corrected chi connectivity index (χ3v) is 3.08. The quantitative estimate of drug-likeness (QED) is 0.269. The molecule has 0 spiro atoms. The van der Waals surface area contributed by atoms with E-state index in [1.807, 2.05) is 0 Å². The molecule has 9 nitrogen and oxygen atoms in total. The number of aliphatic hydroxyl groups excluding tert-OH is 4. The van der Waals surface area contributed by atoms with Crippen LogP contribution < -0.4 is 0 Å². The molecule has 1 saturated heterocycles. The normalized spacial score (nSPS) is 44.4. The van der Waals surface area contributed by atoms with E-state index in [1.165, 1.54) is 0 Å². The zero-order valence-electron chi connectivity index (χ0n) is 9.46. The summed E-state index contributed by atoms with van der Waals surface area (Å²) < 4.78 is 4.66. The fourth-order valence-electron chi connectivity index (χ4n) is 1.71. The number of aliphatic carboxylic acids is 1. The van der Waals surface area contributed by atoms with Gasteiger partial charge in [-0.2, -0.15) is 0 Å². The Bertz CT molecular complexity index is 328. The van der Waals surface area contributed by atoms with Gasteiger partial charge in [-0.25, -0.2) is 4.79 Å². The molecule has 106 valence electrons. The Balaban J connectivity index is 3.17. The molecule has 0 aromatic rings. The fourth-order valence-corrected chi connectivity index (χ4v) is 1.71. The minimum atomic E-state index is -3.08. The van der Waals surface area contributed by atoms with Gasteiger partial charge in [0, 0.05) is 0 Å². The van der Waals surface area contributed by atoms with Crippen molar-refractivity contribution < 1.29 is 45.3 Å². The predicted molar refractivity (Wildman–Crippen MR) is 53.2 cm³/mol. The second-order valence-electron chi connectivity index (χ2n) is 4.34. The molecule has 9 heteroatoms. The molecule has 18 heavy (non-hydrogen) atoms. The summed E-state index contributed by atoms with van der Waals surface area (Å²) in [5.41, 5.74) is -2.96. The fraction of sp³-hybridized carbons (Fsp3) is 0.889. The molecule has 0 bridgehead atoms. The molecular formula is C9H16O9. The highest BCUT2D eigenvalue weighted by molar-refractivity contribution is 5.78. The van der Waals surface area contributed by atoms with E-state index in [1.54, 1.807) is 0 Å². The predicted octanol–water partition coefficient (Wildman–Crippen LogP) is -4.02. The molecule has 1 aliphatic rings. The van der Waals surface area contributed by atoms with Gasteiger partial charge in [-0.15, -0.1) is 0 Å². The first-order chi connectivity index (χ1) is 8.09. The number of aliphatic hydroxyl groups is 6. The lowest BCUT2D eigenvalue weighted by molar-refractivity contribution is -0.391. The summed E-state index contributed by atoms with van der Waals surface area (Å²) in [5.74, 6) is -4.99. The zero-order chi connectivity index (χ0) is 14.3. The Morgan fingerprint density at radius 2 is 1.83 bits per heavy atom. The standard InChI is InChI=1S/C9H16O9/c1-8(16,7(14)15)9(17)6(13)5(12)4(11)3(2-10)18-9/h3-6,10-13,16-17H,2H2,1H3,(H,14,15)/t3-,4-,5+,6-,8?,9?/m1/s1. The van der Waals surface area contributed by atoms with Crippen molar-refractivity contribution in [1.82, 2.24) is 0 Å².